The lowest BCUT2D eigenvalue weighted by molar-refractivity contribution is 0.323. The van der Waals surface area contributed by atoms with Gasteiger partial charge in [0.05, 0.1) is 10.2 Å². The highest BCUT2D eigenvalue weighted by Crippen LogP contribution is 2.34. The highest BCUT2D eigenvalue weighted by molar-refractivity contribution is 7.99. The smallest absolute Gasteiger partial charge is 0.165 e. The molecular weight excluding hydrogens is 243 g/mol. The molecule has 1 aromatic heterocycles. The summed E-state index contributed by atoms with van der Waals surface area (Å²) >= 11 is 2.62. The zero-order chi connectivity index (χ0) is 11.5. The number of aromatic nitrogens is 1. The van der Waals surface area contributed by atoms with Gasteiger partial charge in [0.25, 0.3) is 0 Å². The molecule has 2 nitrogen and oxygen atoms in total. The number of para-hydroxylation sites is 1. The fourth-order valence-corrected chi connectivity index (χ4v) is 3.00. The summed E-state index contributed by atoms with van der Waals surface area (Å²) in [4.78, 5) is 4.35. The van der Waals surface area contributed by atoms with Crippen LogP contribution in [0.1, 0.15) is 31.5 Å². The molecule has 1 heterocycles. The van der Waals surface area contributed by atoms with E-state index in [1.54, 1.807) is 0 Å². The van der Waals surface area contributed by atoms with Gasteiger partial charge in [0.2, 0.25) is 0 Å². The minimum Gasteiger partial charge on any atom is -0.272 e. The van der Waals surface area contributed by atoms with Crippen LogP contribution in [0.25, 0.3) is 10.2 Å². The van der Waals surface area contributed by atoms with Crippen LogP contribution in [0.3, 0.4) is 0 Å². The topological polar surface area (TPSA) is 38.9 Å². The van der Waals surface area contributed by atoms with Gasteiger partial charge in [0.15, 0.2) is 4.34 Å². The molecule has 86 valence electrons. The summed E-state index contributed by atoms with van der Waals surface area (Å²) < 4.78 is 15.7. The minimum absolute atomic E-state index is 0.543. The van der Waals surface area contributed by atoms with Gasteiger partial charge in [0.1, 0.15) is 6.17 Å². The number of hydrogen-bond acceptors (Lipinski definition) is 4. The van der Waals surface area contributed by atoms with E-state index in [-0.39, 0.29) is 0 Å². The third-order valence-corrected chi connectivity index (χ3v) is 4.06. The molecule has 2 aromatic rings. The number of rotatable bonds is 4. The summed E-state index contributed by atoms with van der Waals surface area (Å²) in [5.41, 5.74) is 1.46. The Kier molecular flexibility index (Phi) is 3.78. The quantitative estimate of drug-likeness (QED) is 0.838. The Balaban J connectivity index is 2.47. The molecule has 0 radical (unpaired) electrons. The van der Waals surface area contributed by atoms with Crippen LogP contribution in [0.15, 0.2) is 22.5 Å². The molecular formula is C11H13FN2S2. The molecule has 1 atom stereocenters. The van der Waals surface area contributed by atoms with Gasteiger partial charge in [-0.1, -0.05) is 25.5 Å². The summed E-state index contributed by atoms with van der Waals surface area (Å²) in [5.74, 6) is 0. The Morgan fingerprint density at radius 1 is 1.56 bits per heavy atom. The van der Waals surface area contributed by atoms with E-state index < -0.39 is 6.17 Å². The van der Waals surface area contributed by atoms with E-state index in [1.165, 1.54) is 11.3 Å². The Labute approximate surface area is 102 Å². The fraction of sp³-hybridized carbons (Fsp3) is 0.364. The number of fused-ring (bicyclic) bond motifs is 1. The third kappa shape index (κ3) is 2.21. The molecule has 0 saturated heterocycles. The second kappa shape index (κ2) is 5.12. The summed E-state index contributed by atoms with van der Waals surface area (Å²) in [5, 5.41) is 5.47. The summed E-state index contributed by atoms with van der Waals surface area (Å²) in [7, 11) is 0. The maximum absolute atomic E-state index is 13.9. The first-order valence-corrected chi connectivity index (χ1v) is 6.86. The molecule has 0 spiro atoms. The van der Waals surface area contributed by atoms with E-state index in [9.17, 15) is 4.39 Å². The highest BCUT2D eigenvalue weighted by Gasteiger charge is 2.15. The SMILES string of the molecule is CCCC(F)c1cccc2sc(SN)nc12. The van der Waals surface area contributed by atoms with Crippen LogP contribution in [0.4, 0.5) is 4.39 Å². The van der Waals surface area contributed by atoms with E-state index in [4.69, 9.17) is 5.14 Å². The predicted octanol–water partition coefficient (Wildman–Crippen LogP) is 4.07. The van der Waals surface area contributed by atoms with Crippen LogP contribution in [-0.2, 0) is 0 Å². The monoisotopic (exact) mass is 256 g/mol. The summed E-state index contributed by atoms with van der Waals surface area (Å²) in [6, 6.07) is 5.64. The average Bonchev–Trinajstić information content (AvgIpc) is 2.71. The molecule has 2 N–H and O–H groups in total. The molecule has 1 unspecified atom stereocenters. The number of halogens is 1. The maximum Gasteiger partial charge on any atom is 0.165 e. The van der Waals surface area contributed by atoms with Crippen LogP contribution >= 0.6 is 23.3 Å². The molecule has 1 aromatic carbocycles. The molecule has 0 saturated carbocycles. The van der Waals surface area contributed by atoms with Crippen molar-refractivity contribution in [2.24, 2.45) is 5.14 Å². The molecule has 5 heteroatoms. The van der Waals surface area contributed by atoms with E-state index in [1.807, 2.05) is 25.1 Å². The largest absolute Gasteiger partial charge is 0.272 e. The zero-order valence-corrected chi connectivity index (χ0v) is 10.6. The van der Waals surface area contributed by atoms with E-state index in [0.29, 0.717) is 12.0 Å². The first-order valence-electron chi connectivity index (χ1n) is 5.16. The Morgan fingerprint density at radius 2 is 2.38 bits per heavy atom. The molecule has 0 bridgehead atoms. The fourth-order valence-electron chi connectivity index (χ4n) is 1.66. The van der Waals surface area contributed by atoms with Crippen LogP contribution in [0.5, 0.6) is 0 Å². The highest BCUT2D eigenvalue weighted by atomic mass is 32.2. The van der Waals surface area contributed by atoms with Crippen molar-refractivity contribution >= 4 is 33.5 Å². The lowest BCUT2D eigenvalue weighted by Gasteiger charge is -2.07. The van der Waals surface area contributed by atoms with Crippen molar-refractivity contribution in [1.82, 2.24) is 4.98 Å². The summed E-state index contributed by atoms with van der Waals surface area (Å²) in [6.45, 7) is 1.98. The zero-order valence-electron chi connectivity index (χ0n) is 8.94. The molecule has 0 aliphatic rings. The van der Waals surface area contributed by atoms with Crippen LogP contribution in [0.2, 0.25) is 0 Å². The minimum atomic E-state index is -0.925. The van der Waals surface area contributed by atoms with Crippen LogP contribution < -0.4 is 5.14 Å². The van der Waals surface area contributed by atoms with Crippen molar-refractivity contribution in [2.45, 2.75) is 30.3 Å². The number of nitrogens with two attached hydrogens (primary N) is 1. The number of alkyl halides is 1. The first kappa shape index (κ1) is 11.8. The van der Waals surface area contributed by atoms with Crippen molar-refractivity contribution in [3.05, 3.63) is 23.8 Å². The lowest BCUT2D eigenvalue weighted by atomic mass is 10.1. The third-order valence-electron chi connectivity index (χ3n) is 2.41. The van der Waals surface area contributed by atoms with Gasteiger partial charge < -0.3 is 0 Å². The normalized spacial score (nSPS) is 13.2. The van der Waals surface area contributed by atoms with Gasteiger partial charge in [-0.2, -0.15) is 0 Å². The van der Waals surface area contributed by atoms with Crippen molar-refractivity contribution in [2.75, 3.05) is 0 Å². The van der Waals surface area contributed by atoms with Gasteiger partial charge >= 0.3 is 0 Å². The lowest BCUT2D eigenvalue weighted by Crippen LogP contribution is -1.92. The second-order valence-electron chi connectivity index (χ2n) is 3.55. The second-order valence-corrected chi connectivity index (χ2v) is 5.46. The van der Waals surface area contributed by atoms with E-state index in [0.717, 1.165) is 32.9 Å². The van der Waals surface area contributed by atoms with Crippen molar-refractivity contribution in [1.29, 1.82) is 0 Å². The molecule has 0 fully saturated rings. The number of thiazole rings is 1. The maximum atomic E-state index is 13.9. The molecule has 0 aliphatic carbocycles. The molecule has 16 heavy (non-hydrogen) atoms. The number of hydrogen-bond donors (Lipinski definition) is 1. The van der Waals surface area contributed by atoms with Crippen molar-refractivity contribution in [3.63, 3.8) is 0 Å². The predicted molar refractivity (Wildman–Crippen MR) is 68.4 cm³/mol. The standard InChI is InChI=1S/C11H13FN2S2/c1-2-4-8(12)7-5-3-6-9-10(7)14-11(15-9)16-13/h3,5-6,8H,2,4,13H2,1H3. The summed E-state index contributed by atoms with van der Waals surface area (Å²) in [6.07, 6.45) is 0.452. The van der Waals surface area contributed by atoms with Crippen LogP contribution in [-0.4, -0.2) is 4.98 Å². The Hall–Kier alpha value is -0.650. The van der Waals surface area contributed by atoms with E-state index >= 15 is 0 Å². The molecule has 0 amide bonds. The number of benzene rings is 1. The Morgan fingerprint density at radius 3 is 3.06 bits per heavy atom. The average molecular weight is 256 g/mol. The van der Waals surface area contributed by atoms with Gasteiger partial charge in [-0.15, -0.1) is 11.3 Å². The number of nitrogens with zero attached hydrogens (tertiary/aromatic N) is 1. The van der Waals surface area contributed by atoms with Gasteiger partial charge in [-0.25, -0.2) is 9.37 Å². The van der Waals surface area contributed by atoms with Crippen LogP contribution in [0, 0.1) is 0 Å². The van der Waals surface area contributed by atoms with Gasteiger partial charge in [0, 0.05) is 5.56 Å². The molecule has 2 rings (SSSR count). The van der Waals surface area contributed by atoms with Gasteiger partial charge in [-0.3, -0.25) is 5.14 Å². The van der Waals surface area contributed by atoms with Gasteiger partial charge in [-0.05, 0) is 24.4 Å². The first-order chi connectivity index (χ1) is 7.76. The van der Waals surface area contributed by atoms with Crippen molar-refractivity contribution < 1.29 is 4.39 Å². The van der Waals surface area contributed by atoms with E-state index in [2.05, 4.69) is 4.98 Å². The van der Waals surface area contributed by atoms with Crippen molar-refractivity contribution in [3.8, 4) is 0 Å². The Bertz CT molecular complexity index is 484. The molecule has 0 aliphatic heterocycles.